The minimum absolute atomic E-state index is 0.177. The molecule has 0 amide bonds. The van der Waals surface area contributed by atoms with Gasteiger partial charge in [0, 0.05) is 0 Å². The van der Waals surface area contributed by atoms with Gasteiger partial charge in [0.1, 0.15) is 16.5 Å². The summed E-state index contributed by atoms with van der Waals surface area (Å²) >= 11 is 0. The molecule has 2 aromatic carbocycles. The molecule has 2 aromatic rings. The van der Waals surface area contributed by atoms with Crippen molar-refractivity contribution < 1.29 is 17.0 Å². The summed E-state index contributed by atoms with van der Waals surface area (Å²) in [5.41, 5.74) is 0.669. The molecule has 5 heteroatoms. The first-order chi connectivity index (χ1) is 9.54. The highest BCUT2D eigenvalue weighted by Gasteiger charge is 2.21. The minimum atomic E-state index is -4.19. The van der Waals surface area contributed by atoms with Crippen LogP contribution in [0.4, 0.5) is 4.39 Å². The maximum atomic E-state index is 13.6. The molecule has 0 unspecified atom stereocenters. The zero-order chi connectivity index (χ0) is 14.6. The topological polar surface area (TPSA) is 43.4 Å². The molecule has 0 aliphatic rings. The van der Waals surface area contributed by atoms with Gasteiger partial charge in [0.25, 0.3) is 0 Å². The van der Waals surface area contributed by atoms with Crippen molar-refractivity contribution in [2.24, 2.45) is 0 Å². The van der Waals surface area contributed by atoms with E-state index in [4.69, 9.17) is 4.18 Å². The first-order valence-electron chi connectivity index (χ1n) is 5.92. The van der Waals surface area contributed by atoms with Crippen molar-refractivity contribution in [2.45, 2.75) is 11.3 Å². The molecular weight excluding hydrogens is 279 g/mol. The van der Waals surface area contributed by atoms with Gasteiger partial charge in [-0.1, -0.05) is 36.4 Å². The van der Waals surface area contributed by atoms with E-state index in [0.29, 0.717) is 12.0 Å². The van der Waals surface area contributed by atoms with Crippen LogP contribution in [0.5, 0.6) is 5.75 Å². The Bertz CT molecular complexity index is 723. The van der Waals surface area contributed by atoms with E-state index in [2.05, 4.69) is 6.58 Å². The van der Waals surface area contributed by atoms with E-state index >= 15 is 0 Å². The van der Waals surface area contributed by atoms with Crippen LogP contribution in [-0.2, 0) is 16.5 Å². The quantitative estimate of drug-likeness (QED) is 0.627. The van der Waals surface area contributed by atoms with Crippen LogP contribution in [0.1, 0.15) is 5.56 Å². The highest BCUT2D eigenvalue weighted by molar-refractivity contribution is 7.87. The lowest BCUT2D eigenvalue weighted by molar-refractivity contribution is 0.474. The highest BCUT2D eigenvalue weighted by Crippen LogP contribution is 2.24. The molecule has 104 valence electrons. The number of para-hydroxylation sites is 1. The molecule has 0 heterocycles. The van der Waals surface area contributed by atoms with Gasteiger partial charge in [-0.15, -0.1) is 6.58 Å². The van der Waals surface area contributed by atoms with Crippen LogP contribution >= 0.6 is 0 Å². The van der Waals surface area contributed by atoms with Gasteiger partial charge in [0.05, 0.1) is 0 Å². The lowest BCUT2D eigenvalue weighted by atomic mass is 10.1. The monoisotopic (exact) mass is 292 g/mol. The maximum Gasteiger partial charge on any atom is 0.342 e. The highest BCUT2D eigenvalue weighted by atomic mass is 32.2. The number of allylic oxidation sites excluding steroid dienone is 1. The Balaban J connectivity index is 2.39. The van der Waals surface area contributed by atoms with E-state index in [1.165, 1.54) is 24.3 Å². The van der Waals surface area contributed by atoms with E-state index in [9.17, 15) is 12.8 Å². The van der Waals surface area contributed by atoms with E-state index in [0.717, 1.165) is 6.07 Å². The van der Waals surface area contributed by atoms with Gasteiger partial charge >= 0.3 is 10.1 Å². The number of halogens is 1. The van der Waals surface area contributed by atoms with Gasteiger partial charge in [-0.2, -0.15) is 8.42 Å². The molecule has 0 aromatic heterocycles. The third-order valence-electron chi connectivity index (χ3n) is 2.64. The van der Waals surface area contributed by atoms with Crippen molar-refractivity contribution in [3.63, 3.8) is 0 Å². The standard InChI is InChI=1S/C15H13FO3S/c1-2-7-12-8-3-5-10-14(12)19-20(17,18)15-11-6-4-9-13(15)16/h2-6,8-11H,1,7H2. The summed E-state index contributed by atoms with van der Waals surface area (Å²) in [6.45, 7) is 3.60. The molecular formula is C15H13FO3S. The summed E-state index contributed by atoms with van der Waals surface area (Å²) < 4.78 is 42.8. The van der Waals surface area contributed by atoms with Crippen molar-refractivity contribution in [3.8, 4) is 5.75 Å². The summed E-state index contributed by atoms with van der Waals surface area (Å²) in [6.07, 6.45) is 2.10. The van der Waals surface area contributed by atoms with Crippen molar-refractivity contribution in [3.05, 3.63) is 72.6 Å². The molecule has 0 atom stereocenters. The Morgan fingerprint density at radius 3 is 2.45 bits per heavy atom. The summed E-state index contributed by atoms with van der Waals surface area (Å²) in [5, 5.41) is 0. The van der Waals surface area contributed by atoms with Crippen molar-refractivity contribution in [2.75, 3.05) is 0 Å². The second-order valence-corrected chi connectivity index (χ2v) is 5.58. The number of hydrogen-bond donors (Lipinski definition) is 0. The minimum Gasteiger partial charge on any atom is -0.379 e. The van der Waals surface area contributed by atoms with Crippen LogP contribution in [0.2, 0.25) is 0 Å². The Hall–Kier alpha value is -2.14. The maximum absolute atomic E-state index is 13.6. The average Bonchev–Trinajstić information content (AvgIpc) is 2.41. The van der Waals surface area contributed by atoms with Crippen LogP contribution in [-0.4, -0.2) is 8.42 Å². The number of rotatable bonds is 5. The van der Waals surface area contributed by atoms with Gasteiger partial charge in [0.2, 0.25) is 0 Å². The molecule has 20 heavy (non-hydrogen) atoms. The summed E-state index contributed by atoms with van der Waals surface area (Å²) in [7, 11) is -4.19. The first kappa shape index (κ1) is 14.3. The van der Waals surface area contributed by atoms with E-state index < -0.39 is 20.8 Å². The van der Waals surface area contributed by atoms with E-state index in [1.807, 2.05) is 0 Å². The lowest BCUT2D eigenvalue weighted by Gasteiger charge is -2.10. The van der Waals surface area contributed by atoms with Crippen LogP contribution < -0.4 is 4.18 Å². The Labute approximate surface area is 117 Å². The van der Waals surface area contributed by atoms with Crippen LogP contribution in [0, 0.1) is 5.82 Å². The van der Waals surface area contributed by atoms with Gasteiger partial charge in [-0.05, 0) is 30.2 Å². The largest absolute Gasteiger partial charge is 0.379 e. The van der Waals surface area contributed by atoms with Gasteiger partial charge in [0.15, 0.2) is 0 Å². The Morgan fingerprint density at radius 1 is 1.10 bits per heavy atom. The Morgan fingerprint density at radius 2 is 1.75 bits per heavy atom. The summed E-state index contributed by atoms with van der Waals surface area (Å²) in [5.74, 6) is -0.663. The van der Waals surface area contributed by atoms with Gasteiger partial charge in [-0.25, -0.2) is 4.39 Å². The fourth-order valence-electron chi connectivity index (χ4n) is 1.72. The summed E-state index contributed by atoms with van der Waals surface area (Å²) in [4.78, 5) is -0.478. The summed E-state index contributed by atoms with van der Waals surface area (Å²) in [6, 6.07) is 11.8. The fraction of sp³-hybridized carbons (Fsp3) is 0.0667. The van der Waals surface area contributed by atoms with Gasteiger partial charge in [-0.3, -0.25) is 0 Å². The predicted molar refractivity (Wildman–Crippen MR) is 74.6 cm³/mol. The van der Waals surface area contributed by atoms with Gasteiger partial charge < -0.3 is 4.18 Å². The molecule has 0 radical (unpaired) electrons. The first-order valence-corrected chi connectivity index (χ1v) is 7.33. The molecule has 2 rings (SSSR count). The smallest absolute Gasteiger partial charge is 0.342 e. The molecule has 0 saturated heterocycles. The zero-order valence-electron chi connectivity index (χ0n) is 10.6. The molecule has 3 nitrogen and oxygen atoms in total. The third-order valence-corrected chi connectivity index (χ3v) is 3.91. The average molecular weight is 292 g/mol. The van der Waals surface area contributed by atoms with Crippen molar-refractivity contribution >= 4 is 10.1 Å². The molecule has 0 aliphatic carbocycles. The SMILES string of the molecule is C=CCc1ccccc1OS(=O)(=O)c1ccccc1F. The van der Waals surface area contributed by atoms with Crippen molar-refractivity contribution in [1.82, 2.24) is 0 Å². The number of hydrogen-bond acceptors (Lipinski definition) is 3. The molecule has 0 aliphatic heterocycles. The number of benzene rings is 2. The molecule has 0 fully saturated rings. The van der Waals surface area contributed by atoms with E-state index in [-0.39, 0.29) is 5.75 Å². The van der Waals surface area contributed by atoms with Crippen molar-refractivity contribution in [1.29, 1.82) is 0 Å². The second-order valence-electron chi connectivity index (χ2n) is 4.07. The predicted octanol–water partition coefficient (Wildman–Crippen LogP) is 3.32. The van der Waals surface area contributed by atoms with Crippen LogP contribution in [0.3, 0.4) is 0 Å². The van der Waals surface area contributed by atoms with E-state index in [1.54, 1.807) is 24.3 Å². The Kier molecular flexibility index (Phi) is 4.20. The fourth-order valence-corrected chi connectivity index (χ4v) is 2.76. The normalized spacial score (nSPS) is 11.1. The zero-order valence-corrected chi connectivity index (χ0v) is 11.4. The third kappa shape index (κ3) is 3.05. The molecule has 0 saturated carbocycles. The molecule has 0 spiro atoms. The molecule has 0 N–H and O–H groups in total. The second kappa shape index (κ2) is 5.88. The van der Waals surface area contributed by atoms with Crippen LogP contribution in [0.15, 0.2) is 66.1 Å². The lowest BCUT2D eigenvalue weighted by Crippen LogP contribution is -2.12. The van der Waals surface area contributed by atoms with Crippen LogP contribution in [0.25, 0.3) is 0 Å². The molecule has 0 bridgehead atoms.